The summed E-state index contributed by atoms with van der Waals surface area (Å²) in [6.07, 6.45) is 0.708. The van der Waals surface area contributed by atoms with Crippen LogP contribution in [0.3, 0.4) is 0 Å². The van der Waals surface area contributed by atoms with Crippen molar-refractivity contribution in [1.82, 2.24) is 14.8 Å². The van der Waals surface area contributed by atoms with E-state index in [1.54, 1.807) is 4.90 Å². The summed E-state index contributed by atoms with van der Waals surface area (Å²) in [5.41, 5.74) is 2.80. The molecular formula is C26H29N3O5S. The van der Waals surface area contributed by atoms with Crippen LogP contribution in [0.15, 0.2) is 47.5 Å². The number of thioether (sulfide) groups is 1. The third kappa shape index (κ3) is 4.58. The Morgan fingerprint density at radius 1 is 1.20 bits per heavy atom. The molecule has 1 N–H and O–H groups in total. The van der Waals surface area contributed by atoms with Crippen molar-refractivity contribution in [2.45, 2.75) is 31.0 Å². The number of hydrogen-bond acceptors (Lipinski definition) is 6. The van der Waals surface area contributed by atoms with E-state index in [1.165, 1.54) is 11.8 Å². The number of benzene rings is 2. The molecule has 2 aromatic carbocycles. The van der Waals surface area contributed by atoms with E-state index in [0.717, 1.165) is 27.1 Å². The van der Waals surface area contributed by atoms with Gasteiger partial charge in [0.1, 0.15) is 6.04 Å². The molecule has 2 aliphatic rings. The number of carbonyl (C=O) groups is 2. The average Bonchev–Trinajstić information content (AvgIpc) is 3.40. The Hall–Kier alpha value is -3.17. The van der Waals surface area contributed by atoms with Gasteiger partial charge in [-0.1, -0.05) is 36.0 Å². The number of aromatic nitrogens is 1. The van der Waals surface area contributed by atoms with Crippen molar-refractivity contribution in [1.29, 1.82) is 0 Å². The number of para-hydroxylation sites is 1. The smallest absolute Gasteiger partial charge is 0.247 e. The monoisotopic (exact) mass is 495 g/mol. The van der Waals surface area contributed by atoms with Crippen molar-refractivity contribution in [3.8, 4) is 11.5 Å². The molecule has 35 heavy (non-hydrogen) atoms. The van der Waals surface area contributed by atoms with E-state index in [0.29, 0.717) is 37.7 Å². The molecular weight excluding hydrogens is 466 g/mol. The molecule has 1 atom stereocenters. The molecule has 0 aliphatic carbocycles. The number of carbonyl (C=O) groups excluding carboxylic acids is 2. The lowest BCUT2D eigenvalue weighted by Gasteiger charge is -2.30. The van der Waals surface area contributed by atoms with E-state index in [9.17, 15) is 9.59 Å². The highest BCUT2D eigenvalue weighted by molar-refractivity contribution is 8.00. The summed E-state index contributed by atoms with van der Waals surface area (Å²) in [5, 5.41) is 4.99. The zero-order valence-electron chi connectivity index (χ0n) is 19.9. The summed E-state index contributed by atoms with van der Waals surface area (Å²) in [5.74, 6) is 1.34. The molecule has 2 aliphatic heterocycles. The van der Waals surface area contributed by atoms with Gasteiger partial charge in [-0.05, 0) is 37.1 Å². The lowest BCUT2D eigenvalue weighted by atomic mass is 10.0. The predicted octanol–water partition coefficient (Wildman–Crippen LogP) is 3.63. The third-order valence-corrected chi connectivity index (χ3v) is 7.49. The Morgan fingerprint density at radius 3 is 2.89 bits per heavy atom. The molecule has 5 rings (SSSR count). The number of ether oxygens (including phenoxy) is 3. The fraction of sp³-hybridized carbons (Fsp3) is 0.385. The summed E-state index contributed by atoms with van der Waals surface area (Å²) < 4.78 is 18.5. The first kappa shape index (κ1) is 23.6. The van der Waals surface area contributed by atoms with E-state index in [-0.39, 0.29) is 30.9 Å². The van der Waals surface area contributed by atoms with Gasteiger partial charge in [-0.25, -0.2) is 0 Å². The van der Waals surface area contributed by atoms with Gasteiger partial charge in [0.2, 0.25) is 18.6 Å². The second kappa shape index (κ2) is 10.2. The van der Waals surface area contributed by atoms with E-state index in [2.05, 4.69) is 9.88 Å². The fourth-order valence-electron chi connectivity index (χ4n) is 4.67. The molecule has 1 aromatic heterocycles. The van der Waals surface area contributed by atoms with Gasteiger partial charge in [0.15, 0.2) is 11.5 Å². The molecule has 9 heteroatoms. The van der Waals surface area contributed by atoms with Crippen LogP contribution >= 0.6 is 11.8 Å². The second-order valence-electron chi connectivity index (χ2n) is 8.54. The van der Waals surface area contributed by atoms with Gasteiger partial charge in [0.05, 0.1) is 10.8 Å². The van der Waals surface area contributed by atoms with Crippen molar-refractivity contribution in [2.24, 2.45) is 7.05 Å². The summed E-state index contributed by atoms with van der Waals surface area (Å²) in [6, 6.07) is 12.9. The van der Waals surface area contributed by atoms with E-state index in [1.807, 2.05) is 56.4 Å². The van der Waals surface area contributed by atoms with Crippen LogP contribution in [-0.4, -0.2) is 53.6 Å². The largest absolute Gasteiger partial charge is 0.454 e. The first-order chi connectivity index (χ1) is 17.1. The molecule has 2 amide bonds. The van der Waals surface area contributed by atoms with Crippen molar-refractivity contribution >= 4 is 34.5 Å². The molecule has 3 aromatic rings. The van der Waals surface area contributed by atoms with Gasteiger partial charge in [-0.15, -0.1) is 0 Å². The number of aryl methyl sites for hydroxylation is 1. The number of rotatable bonds is 8. The SMILES string of the molecule is CCOCCCNC(=O)C1c2c(n(C)c3ccccc23)SCC(=O)N1Cc1ccc2c(c1)OCO2. The minimum Gasteiger partial charge on any atom is -0.454 e. The highest BCUT2D eigenvalue weighted by atomic mass is 32.2. The summed E-state index contributed by atoms with van der Waals surface area (Å²) >= 11 is 1.49. The molecule has 0 saturated carbocycles. The van der Waals surface area contributed by atoms with Crippen LogP contribution < -0.4 is 14.8 Å². The van der Waals surface area contributed by atoms with Crippen LogP contribution in [0, 0.1) is 0 Å². The maximum atomic E-state index is 13.7. The first-order valence-electron chi connectivity index (χ1n) is 11.8. The van der Waals surface area contributed by atoms with Gasteiger partial charge in [0.25, 0.3) is 0 Å². The van der Waals surface area contributed by atoms with E-state index < -0.39 is 6.04 Å². The maximum absolute atomic E-state index is 13.7. The molecule has 8 nitrogen and oxygen atoms in total. The molecule has 184 valence electrons. The standard InChI is InChI=1S/C26H29N3O5S/c1-3-32-12-6-11-27-25(31)24-23-18-7-4-5-8-19(18)28(2)26(23)35-15-22(30)29(24)14-17-9-10-20-21(13-17)34-16-33-20/h4-5,7-10,13,24H,3,6,11-12,14-16H2,1-2H3,(H,27,31). The zero-order valence-corrected chi connectivity index (χ0v) is 20.7. The molecule has 0 bridgehead atoms. The normalized spacial score (nSPS) is 16.9. The molecule has 0 spiro atoms. The highest BCUT2D eigenvalue weighted by Gasteiger charge is 2.39. The second-order valence-corrected chi connectivity index (χ2v) is 9.50. The minimum atomic E-state index is -0.754. The van der Waals surface area contributed by atoms with Gasteiger partial charge in [0, 0.05) is 49.8 Å². The zero-order chi connectivity index (χ0) is 24.4. The van der Waals surface area contributed by atoms with E-state index in [4.69, 9.17) is 14.2 Å². The summed E-state index contributed by atoms with van der Waals surface area (Å²) in [7, 11) is 1.99. The van der Waals surface area contributed by atoms with Gasteiger partial charge in [-0.2, -0.15) is 0 Å². The van der Waals surface area contributed by atoms with Crippen molar-refractivity contribution < 1.29 is 23.8 Å². The van der Waals surface area contributed by atoms with Crippen LogP contribution in [0.1, 0.15) is 30.5 Å². The van der Waals surface area contributed by atoms with Crippen molar-refractivity contribution in [3.63, 3.8) is 0 Å². The van der Waals surface area contributed by atoms with Crippen LogP contribution in [0.4, 0.5) is 0 Å². The third-order valence-electron chi connectivity index (χ3n) is 6.34. The van der Waals surface area contributed by atoms with Crippen LogP contribution in [0.25, 0.3) is 10.9 Å². The molecule has 0 fully saturated rings. The number of fused-ring (bicyclic) bond motifs is 4. The number of amides is 2. The van der Waals surface area contributed by atoms with Crippen molar-refractivity contribution in [2.75, 3.05) is 32.3 Å². The van der Waals surface area contributed by atoms with Crippen LogP contribution in [0.5, 0.6) is 11.5 Å². The maximum Gasteiger partial charge on any atom is 0.247 e. The van der Waals surface area contributed by atoms with Gasteiger partial charge < -0.3 is 29.0 Å². The number of hydrogen-bond donors (Lipinski definition) is 1. The van der Waals surface area contributed by atoms with Crippen LogP contribution in [-0.2, 0) is 27.9 Å². The first-order valence-corrected chi connectivity index (χ1v) is 12.8. The van der Waals surface area contributed by atoms with Gasteiger partial charge in [-0.3, -0.25) is 9.59 Å². The van der Waals surface area contributed by atoms with Crippen molar-refractivity contribution in [3.05, 3.63) is 53.6 Å². The summed E-state index contributed by atoms with van der Waals surface area (Å²) in [4.78, 5) is 28.9. The Bertz CT molecular complexity index is 1260. The highest BCUT2D eigenvalue weighted by Crippen LogP contribution is 2.42. The predicted molar refractivity (Wildman–Crippen MR) is 134 cm³/mol. The topological polar surface area (TPSA) is 82.0 Å². The van der Waals surface area contributed by atoms with Crippen LogP contribution in [0.2, 0.25) is 0 Å². The minimum absolute atomic E-state index is 0.0811. The average molecular weight is 496 g/mol. The summed E-state index contributed by atoms with van der Waals surface area (Å²) in [6.45, 7) is 4.12. The molecule has 0 saturated heterocycles. The molecule has 3 heterocycles. The number of nitrogens with zero attached hydrogens (tertiary/aromatic N) is 2. The lowest BCUT2D eigenvalue weighted by Crippen LogP contribution is -2.43. The molecule has 0 radical (unpaired) electrons. The van der Waals surface area contributed by atoms with E-state index >= 15 is 0 Å². The Morgan fingerprint density at radius 2 is 2.03 bits per heavy atom. The fourth-order valence-corrected chi connectivity index (χ4v) is 5.76. The quantitative estimate of drug-likeness (QED) is 0.481. The van der Waals surface area contributed by atoms with Gasteiger partial charge >= 0.3 is 0 Å². The molecule has 1 unspecified atom stereocenters. The Labute approximate surface area is 208 Å². The lowest BCUT2D eigenvalue weighted by molar-refractivity contribution is -0.139. The Kier molecular flexibility index (Phi) is 6.88. The Balaban J connectivity index is 1.52. The number of nitrogens with one attached hydrogen (secondary N) is 1.